The number of amides is 4. The summed E-state index contributed by atoms with van der Waals surface area (Å²) in [6, 6.07) is 4.27. The molecule has 8 heteroatoms. The molecular formula is C14H19FN4O3. The van der Waals surface area contributed by atoms with Gasteiger partial charge >= 0.3 is 6.03 Å². The van der Waals surface area contributed by atoms with Crippen LogP contribution < -0.4 is 21.5 Å². The number of carbonyl (C=O) groups excluding carboxylic acids is 3. The minimum absolute atomic E-state index is 0.105. The molecule has 0 saturated heterocycles. The molecule has 4 amide bonds. The van der Waals surface area contributed by atoms with Crippen molar-refractivity contribution in [2.45, 2.75) is 13.8 Å². The Labute approximate surface area is 127 Å². The second-order valence-corrected chi connectivity index (χ2v) is 4.79. The highest BCUT2D eigenvalue weighted by molar-refractivity contribution is 5.95. The Morgan fingerprint density at radius 2 is 1.59 bits per heavy atom. The second kappa shape index (κ2) is 8.60. The molecule has 0 atom stereocenters. The fourth-order valence-electron chi connectivity index (χ4n) is 1.40. The molecule has 0 aromatic heterocycles. The third-order valence-electron chi connectivity index (χ3n) is 2.63. The van der Waals surface area contributed by atoms with Crippen molar-refractivity contribution < 1.29 is 18.8 Å². The Kier molecular flexibility index (Phi) is 6.81. The van der Waals surface area contributed by atoms with Crippen LogP contribution in [0.2, 0.25) is 0 Å². The van der Waals surface area contributed by atoms with Crippen molar-refractivity contribution >= 4 is 17.8 Å². The lowest BCUT2D eigenvalue weighted by atomic mass is 10.2. The summed E-state index contributed by atoms with van der Waals surface area (Å²) in [5, 5.41) is 5.08. The van der Waals surface area contributed by atoms with Crippen LogP contribution in [0, 0.1) is 11.7 Å². The molecule has 0 heterocycles. The molecule has 0 radical (unpaired) electrons. The maximum atomic E-state index is 12.7. The lowest BCUT2D eigenvalue weighted by Gasteiger charge is -2.10. The molecular weight excluding hydrogens is 291 g/mol. The summed E-state index contributed by atoms with van der Waals surface area (Å²) in [6.07, 6.45) is 0. The lowest BCUT2D eigenvalue weighted by molar-refractivity contribution is -0.123. The summed E-state index contributed by atoms with van der Waals surface area (Å²) < 4.78 is 12.7. The van der Waals surface area contributed by atoms with Gasteiger partial charge in [-0.05, 0) is 24.3 Å². The van der Waals surface area contributed by atoms with Gasteiger partial charge < -0.3 is 10.6 Å². The molecule has 4 N–H and O–H groups in total. The number of hydrogen-bond donors (Lipinski definition) is 4. The molecule has 0 saturated carbocycles. The SMILES string of the molecule is CC(C)C(=O)NCCNC(=O)NNC(=O)c1ccc(F)cc1. The number of nitrogens with one attached hydrogen (secondary N) is 4. The first kappa shape index (κ1) is 17.4. The molecule has 0 bridgehead atoms. The zero-order chi connectivity index (χ0) is 16.5. The first-order chi connectivity index (χ1) is 10.4. The van der Waals surface area contributed by atoms with Gasteiger partial charge in [0.05, 0.1) is 0 Å². The second-order valence-electron chi connectivity index (χ2n) is 4.79. The highest BCUT2D eigenvalue weighted by atomic mass is 19.1. The number of carbonyl (C=O) groups is 3. The molecule has 1 rings (SSSR count). The molecule has 0 aliphatic heterocycles. The fourth-order valence-corrected chi connectivity index (χ4v) is 1.40. The number of hydrogen-bond acceptors (Lipinski definition) is 3. The van der Waals surface area contributed by atoms with Gasteiger partial charge in [0.2, 0.25) is 5.91 Å². The summed E-state index contributed by atoms with van der Waals surface area (Å²) in [6.45, 7) is 4.04. The van der Waals surface area contributed by atoms with Crippen molar-refractivity contribution in [3.63, 3.8) is 0 Å². The third-order valence-corrected chi connectivity index (χ3v) is 2.63. The summed E-state index contributed by atoms with van der Waals surface area (Å²) in [4.78, 5) is 34.3. The van der Waals surface area contributed by atoms with Crippen LogP contribution >= 0.6 is 0 Å². The Morgan fingerprint density at radius 3 is 2.18 bits per heavy atom. The van der Waals surface area contributed by atoms with Gasteiger partial charge in [0, 0.05) is 24.6 Å². The van der Waals surface area contributed by atoms with E-state index in [2.05, 4.69) is 21.5 Å². The van der Waals surface area contributed by atoms with E-state index in [1.807, 2.05) is 0 Å². The minimum Gasteiger partial charge on any atom is -0.354 e. The van der Waals surface area contributed by atoms with Crippen molar-refractivity contribution in [3.05, 3.63) is 35.6 Å². The van der Waals surface area contributed by atoms with Crippen LogP contribution in [0.5, 0.6) is 0 Å². The van der Waals surface area contributed by atoms with Gasteiger partial charge in [-0.25, -0.2) is 14.6 Å². The Balaban J connectivity index is 2.21. The molecule has 0 aliphatic carbocycles. The maximum absolute atomic E-state index is 12.7. The van der Waals surface area contributed by atoms with Crippen molar-refractivity contribution in [2.75, 3.05) is 13.1 Å². The quantitative estimate of drug-likeness (QED) is 0.472. The van der Waals surface area contributed by atoms with Gasteiger partial charge in [0.15, 0.2) is 0 Å². The summed E-state index contributed by atoms with van der Waals surface area (Å²) in [7, 11) is 0. The van der Waals surface area contributed by atoms with Crippen LogP contribution in [0.15, 0.2) is 24.3 Å². The van der Waals surface area contributed by atoms with Crippen LogP contribution in [0.25, 0.3) is 0 Å². The zero-order valence-corrected chi connectivity index (χ0v) is 12.4. The van der Waals surface area contributed by atoms with Crippen LogP contribution in [-0.2, 0) is 4.79 Å². The maximum Gasteiger partial charge on any atom is 0.333 e. The largest absolute Gasteiger partial charge is 0.354 e. The van der Waals surface area contributed by atoms with Gasteiger partial charge in [-0.15, -0.1) is 0 Å². The standard InChI is InChI=1S/C14H19FN4O3/c1-9(2)12(20)16-7-8-17-14(22)19-18-13(21)10-3-5-11(15)6-4-10/h3-6,9H,7-8H2,1-2H3,(H,16,20)(H,18,21)(H2,17,19,22). The normalized spacial score (nSPS) is 10.0. The van der Waals surface area contributed by atoms with E-state index in [9.17, 15) is 18.8 Å². The van der Waals surface area contributed by atoms with Crippen molar-refractivity contribution in [2.24, 2.45) is 5.92 Å². The molecule has 1 aromatic rings. The highest BCUT2D eigenvalue weighted by Gasteiger charge is 2.08. The first-order valence-corrected chi connectivity index (χ1v) is 6.77. The van der Waals surface area contributed by atoms with E-state index < -0.39 is 17.8 Å². The van der Waals surface area contributed by atoms with Gasteiger partial charge in [-0.1, -0.05) is 13.8 Å². The molecule has 0 fully saturated rings. The molecule has 0 unspecified atom stereocenters. The van der Waals surface area contributed by atoms with E-state index in [0.29, 0.717) is 0 Å². The van der Waals surface area contributed by atoms with E-state index >= 15 is 0 Å². The highest BCUT2D eigenvalue weighted by Crippen LogP contribution is 2.01. The van der Waals surface area contributed by atoms with E-state index in [-0.39, 0.29) is 30.5 Å². The lowest BCUT2D eigenvalue weighted by Crippen LogP contribution is -2.48. The van der Waals surface area contributed by atoms with Crippen LogP contribution in [-0.4, -0.2) is 30.9 Å². The van der Waals surface area contributed by atoms with Crippen molar-refractivity contribution in [1.29, 1.82) is 0 Å². The fraction of sp³-hybridized carbons (Fsp3) is 0.357. The Hall–Kier alpha value is -2.64. The van der Waals surface area contributed by atoms with Gasteiger partial charge in [-0.2, -0.15) is 0 Å². The third kappa shape index (κ3) is 6.21. The Morgan fingerprint density at radius 1 is 1.00 bits per heavy atom. The average Bonchev–Trinajstić information content (AvgIpc) is 2.49. The predicted molar refractivity (Wildman–Crippen MR) is 78.2 cm³/mol. The molecule has 22 heavy (non-hydrogen) atoms. The number of halogens is 1. The molecule has 0 aliphatic rings. The van der Waals surface area contributed by atoms with Crippen LogP contribution in [0.1, 0.15) is 24.2 Å². The molecule has 120 valence electrons. The number of benzene rings is 1. The average molecular weight is 310 g/mol. The van der Waals surface area contributed by atoms with Gasteiger partial charge in [0.1, 0.15) is 5.82 Å². The number of hydrazine groups is 1. The van der Waals surface area contributed by atoms with Crippen molar-refractivity contribution in [3.8, 4) is 0 Å². The zero-order valence-electron chi connectivity index (χ0n) is 12.4. The smallest absolute Gasteiger partial charge is 0.333 e. The van der Waals surface area contributed by atoms with Crippen molar-refractivity contribution in [1.82, 2.24) is 21.5 Å². The summed E-state index contributed by atoms with van der Waals surface area (Å²) in [5.41, 5.74) is 4.54. The van der Waals surface area contributed by atoms with Crippen LogP contribution in [0.4, 0.5) is 9.18 Å². The van der Waals surface area contributed by atoms with E-state index in [4.69, 9.17) is 0 Å². The first-order valence-electron chi connectivity index (χ1n) is 6.77. The number of urea groups is 1. The number of rotatable bonds is 5. The predicted octanol–water partition coefficient (Wildman–Crippen LogP) is 0.542. The molecule has 0 spiro atoms. The van der Waals surface area contributed by atoms with Gasteiger partial charge in [0.25, 0.3) is 5.91 Å². The van der Waals surface area contributed by atoms with Crippen LogP contribution in [0.3, 0.4) is 0 Å². The topological polar surface area (TPSA) is 99.3 Å². The summed E-state index contributed by atoms with van der Waals surface area (Å²) >= 11 is 0. The van der Waals surface area contributed by atoms with E-state index in [1.54, 1.807) is 13.8 Å². The monoisotopic (exact) mass is 310 g/mol. The van der Waals surface area contributed by atoms with Gasteiger partial charge in [-0.3, -0.25) is 15.0 Å². The van der Waals surface area contributed by atoms with E-state index in [1.165, 1.54) is 12.1 Å². The molecule has 1 aromatic carbocycles. The Bertz CT molecular complexity index is 531. The van der Waals surface area contributed by atoms with E-state index in [0.717, 1.165) is 12.1 Å². The summed E-state index contributed by atoms with van der Waals surface area (Å²) in [5.74, 6) is -1.25. The minimum atomic E-state index is -0.616. The molecule has 7 nitrogen and oxygen atoms in total.